The summed E-state index contributed by atoms with van der Waals surface area (Å²) in [6, 6.07) is 8.66. The SMILES string of the molecule is Cc1cc(N(C)C)nc(N2CCN(S(=O)(=O)c3ccc(Br)cc3)CC2)n1. The van der Waals surface area contributed by atoms with Gasteiger partial charge in [0.1, 0.15) is 5.82 Å². The van der Waals surface area contributed by atoms with Crippen LogP contribution in [0.4, 0.5) is 11.8 Å². The van der Waals surface area contributed by atoms with Crippen LogP contribution in [0, 0.1) is 6.92 Å². The Bertz CT molecular complexity index is 879. The molecular formula is C17H22BrN5O2S. The van der Waals surface area contributed by atoms with Crippen LogP contribution in [0.3, 0.4) is 0 Å². The Labute approximate surface area is 162 Å². The van der Waals surface area contributed by atoms with Crippen LogP contribution in [-0.2, 0) is 10.0 Å². The molecule has 1 aliphatic heterocycles. The van der Waals surface area contributed by atoms with Crippen LogP contribution in [0.15, 0.2) is 39.7 Å². The van der Waals surface area contributed by atoms with E-state index in [1.54, 1.807) is 24.3 Å². The van der Waals surface area contributed by atoms with E-state index < -0.39 is 10.0 Å². The summed E-state index contributed by atoms with van der Waals surface area (Å²) in [5.41, 5.74) is 0.892. The van der Waals surface area contributed by atoms with Crippen LogP contribution in [0.2, 0.25) is 0 Å². The van der Waals surface area contributed by atoms with E-state index in [-0.39, 0.29) is 0 Å². The molecule has 1 aromatic heterocycles. The minimum absolute atomic E-state index is 0.316. The van der Waals surface area contributed by atoms with E-state index in [0.29, 0.717) is 37.0 Å². The second-order valence-electron chi connectivity index (χ2n) is 6.41. The molecule has 2 heterocycles. The van der Waals surface area contributed by atoms with E-state index in [9.17, 15) is 8.42 Å². The van der Waals surface area contributed by atoms with Crippen LogP contribution in [-0.4, -0.2) is 63.0 Å². The van der Waals surface area contributed by atoms with Crippen molar-refractivity contribution in [1.29, 1.82) is 0 Å². The predicted octanol–water partition coefficient (Wildman–Crippen LogP) is 2.12. The van der Waals surface area contributed by atoms with Gasteiger partial charge in [0.05, 0.1) is 4.90 Å². The summed E-state index contributed by atoms with van der Waals surface area (Å²) in [5, 5.41) is 0. The quantitative estimate of drug-likeness (QED) is 0.726. The third-order valence-electron chi connectivity index (χ3n) is 4.26. The number of benzene rings is 1. The highest BCUT2D eigenvalue weighted by atomic mass is 79.9. The van der Waals surface area contributed by atoms with Crippen LogP contribution < -0.4 is 9.80 Å². The molecule has 1 aromatic carbocycles. The molecule has 1 fully saturated rings. The van der Waals surface area contributed by atoms with E-state index in [2.05, 4.69) is 25.9 Å². The van der Waals surface area contributed by atoms with Gasteiger partial charge in [0, 0.05) is 56.5 Å². The number of hydrogen-bond donors (Lipinski definition) is 0. The highest BCUT2D eigenvalue weighted by Crippen LogP contribution is 2.22. The van der Waals surface area contributed by atoms with Crippen LogP contribution in [0.5, 0.6) is 0 Å². The predicted molar refractivity (Wildman–Crippen MR) is 106 cm³/mol. The van der Waals surface area contributed by atoms with Crippen molar-refractivity contribution >= 4 is 37.7 Å². The average molecular weight is 440 g/mol. The largest absolute Gasteiger partial charge is 0.363 e. The van der Waals surface area contributed by atoms with Crippen LogP contribution >= 0.6 is 15.9 Å². The Hall–Kier alpha value is -1.71. The Kier molecular flexibility index (Phi) is 5.50. The number of anilines is 2. The number of hydrogen-bond acceptors (Lipinski definition) is 6. The van der Waals surface area contributed by atoms with Gasteiger partial charge in [-0.15, -0.1) is 0 Å². The topological polar surface area (TPSA) is 69.6 Å². The van der Waals surface area contributed by atoms with E-state index >= 15 is 0 Å². The smallest absolute Gasteiger partial charge is 0.243 e. The first-order valence-electron chi connectivity index (χ1n) is 8.31. The van der Waals surface area contributed by atoms with Crippen LogP contribution in [0.1, 0.15) is 5.69 Å². The van der Waals surface area contributed by atoms with Gasteiger partial charge in [0.25, 0.3) is 0 Å². The van der Waals surface area contributed by atoms with Gasteiger partial charge in [0.2, 0.25) is 16.0 Å². The number of sulfonamides is 1. The molecule has 0 amide bonds. The second kappa shape index (κ2) is 7.50. The second-order valence-corrected chi connectivity index (χ2v) is 9.26. The van der Waals surface area contributed by atoms with Gasteiger partial charge in [-0.1, -0.05) is 15.9 Å². The van der Waals surface area contributed by atoms with E-state index in [1.165, 1.54) is 4.31 Å². The van der Waals surface area contributed by atoms with Gasteiger partial charge in [-0.25, -0.2) is 13.4 Å². The van der Waals surface area contributed by atoms with Crippen molar-refractivity contribution in [3.8, 4) is 0 Å². The van der Waals surface area contributed by atoms with E-state index in [4.69, 9.17) is 0 Å². The van der Waals surface area contributed by atoms with Crippen molar-refractivity contribution in [1.82, 2.24) is 14.3 Å². The summed E-state index contributed by atoms with van der Waals surface area (Å²) in [7, 11) is 0.400. The fourth-order valence-corrected chi connectivity index (χ4v) is 4.48. The molecule has 0 spiro atoms. The zero-order valence-corrected chi connectivity index (χ0v) is 17.5. The van der Waals surface area contributed by atoms with Crippen molar-refractivity contribution in [2.75, 3.05) is 50.1 Å². The molecule has 0 atom stereocenters. The number of aryl methyl sites for hydroxylation is 1. The molecule has 26 heavy (non-hydrogen) atoms. The molecule has 0 N–H and O–H groups in total. The molecular weight excluding hydrogens is 418 g/mol. The van der Waals surface area contributed by atoms with E-state index in [1.807, 2.05) is 36.9 Å². The molecule has 7 nitrogen and oxygen atoms in total. The highest BCUT2D eigenvalue weighted by Gasteiger charge is 2.29. The summed E-state index contributed by atoms with van der Waals surface area (Å²) >= 11 is 3.33. The summed E-state index contributed by atoms with van der Waals surface area (Å²) in [6.45, 7) is 3.88. The third kappa shape index (κ3) is 3.99. The summed E-state index contributed by atoms with van der Waals surface area (Å²) in [4.78, 5) is 13.4. The maximum Gasteiger partial charge on any atom is 0.243 e. The molecule has 0 unspecified atom stereocenters. The lowest BCUT2D eigenvalue weighted by atomic mass is 10.3. The van der Waals surface area contributed by atoms with Gasteiger partial charge < -0.3 is 9.80 Å². The lowest BCUT2D eigenvalue weighted by molar-refractivity contribution is 0.382. The minimum Gasteiger partial charge on any atom is -0.363 e. The Morgan fingerprint density at radius 1 is 1.04 bits per heavy atom. The zero-order chi connectivity index (χ0) is 18.9. The van der Waals surface area contributed by atoms with Crippen molar-refractivity contribution in [2.24, 2.45) is 0 Å². The molecule has 0 bridgehead atoms. The highest BCUT2D eigenvalue weighted by molar-refractivity contribution is 9.10. The molecule has 2 aromatic rings. The maximum absolute atomic E-state index is 12.8. The molecule has 0 aliphatic carbocycles. The molecule has 0 radical (unpaired) electrons. The minimum atomic E-state index is -3.48. The van der Waals surface area contributed by atoms with Gasteiger partial charge in [-0.2, -0.15) is 9.29 Å². The number of aromatic nitrogens is 2. The first kappa shape index (κ1) is 19.1. The monoisotopic (exact) mass is 439 g/mol. The zero-order valence-electron chi connectivity index (χ0n) is 15.1. The summed E-state index contributed by atoms with van der Waals surface area (Å²) in [5.74, 6) is 1.49. The maximum atomic E-state index is 12.8. The lowest BCUT2D eigenvalue weighted by Gasteiger charge is -2.34. The first-order valence-corrected chi connectivity index (χ1v) is 10.5. The molecule has 140 valence electrons. The van der Waals surface area contributed by atoms with Crippen molar-refractivity contribution in [2.45, 2.75) is 11.8 Å². The average Bonchev–Trinajstić information content (AvgIpc) is 2.61. The third-order valence-corrected chi connectivity index (χ3v) is 6.70. The van der Waals surface area contributed by atoms with E-state index in [0.717, 1.165) is 16.0 Å². The van der Waals surface area contributed by atoms with Gasteiger partial charge in [0.15, 0.2) is 0 Å². The van der Waals surface area contributed by atoms with Crippen LogP contribution in [0.25, 0.3) is 0 Å². The summed E-state index contributed by atoms with van der Waals surface area (Å²) < 4.78 is 28.0. The number of nitrogens with zero attached hydrogens (tertiary/aromatic N) is 5. The van der Waals surface area contributed by atoms with Crippen molar-refractivity contribution in [3.05, 3.63) is 40.5 Å². The fourth-order valence-electron chi connectivity index (χ4n) is 2.79. The molecule has 0 saturated carbocycles. The fraction of sp³-hybridized carbons (Fsp3) is 0.412. The Morgan fingerprint density at radius 3 is 2.23 bits per heavy atom. The standard InChI is InChI=1S/C17H22BrN5O2S/c1-13-12-16(21(2)3)20-17(19-13)22-8-10-23(11-9-22)26(24,25)15-6-4-14(18)5-7-15/h4-7,12H,8-11H2,1-3H3. The Balaban J connectivity index is 1.74. The number of rotatable bonds is 4. The molecule has 1 aliphatic rings. The molecule has 1 saturated heterocycles. The Morgan fingerprint density at radius 2 is 1.65 bits per heavy atom. The molecule has 3 rings (SSSR count). The number of piperazine rings is 1. The number of halogens is 1. The van der Waals surface area contributed by atoms with Crippen molar-refractivity contribution < 1.29 is 8.42 Å². The van der Waals surface area contributed by atoms with Gasteiger partial charge in [-0.3, -0.25) is 0 Å². The normalized spacial score (nSPS) is 15.9. The summed E-state index contributed by atoms with van der Waals surface area (Å²) in [6.07, 6.45) is 0. The van der Waals surface area contributed by atoms with Gasteiger partial charge >= 0.3 is 0 Å². The van der Waals surface area contributed by atoms with Crippen molar-refractivity contribution in [3.63, 3.8) is 0 Å². The lowest BCUT2D eigenvalue weighted by Crippen LogP contribution is -2.49. The van der Waals surface area contributed by atoms with Gasteiger partial charge in [-0.05, 0) is 31.2 Å². The molecule has 9 heteroatoms. The first-order chi connectivity index (χ1) is 12.3.